The van der Waals surface area contributed by atoms with Crippen LogP contribution in [-0.2, 0) is 0 Å². The molecular weight excluding hydrogens is 234 g/mol. The molecule has 3 unspecified atom stereocenters. The molecule has 0 radical (unpaired) electrons. The largest absolute Gasteiger partial charge is 0.391 e. The summed E-state index contributed by atoms with van der Waals surface area (Å²) in [7, 11) is 0. The maximum absolute atomic E-state index is 10.4. The molecule has 1 aliphatic heterocycles. The fraction of sp³-hybridized carbons (Fsp3) is 1.00. The number of piperidine rings is 1. The molecule has 2 aliphatic rings. The average Bonchev–Trinajstić information content (AvgIpc) is 2.26. The van der Waals surface area contributed by atoms with E-state index in [0.717, 1.165) is 18.9 Å². The molecule has 1 N–H and O–H groups in total. The molecule has 0 amide bonds. The molecule has 1 aliphatic carbocycles. The highest BCUT2D eigenvalue weighted by molar-refractivity contribution is 4.93. The van der Waals surface area contributed by atoms with Crippen LogP contribution < -0.4 is 0 Å². The van der Waals surface area contributed by atoms with Gasteiger partial charge < -0.3 is 5.11 Å². The summed E-state index contributed by atoms with van der Waals surface area (Å²) in [6.07, 6.45) is 5.88. The van der Waals surface area contributed by atoms with Crippen LogP contribution in [-0.4, -0.2) is 35.2 Å². The fourth-order valence-corrected chi connectivity index (χ4v) is 4.06. The van der Waals surface area contributed by atoms with Crippen LogP contribution in [0.1, 0.15) is 66.7 Å². The van der Waals surface area contributed by atoms with Crippen molar-refractivity contribution < 1.29 is 5.11 Å². The number of rotatable bonds is 1. The van der Waals surface area contributed by atoms with E-state index in [-0.39, 0.29) is 6.10 Å². The normalized spacial score (nSPS) is 37.3. The lowest BCUT2D eigenvalue weighted by atomic mass is 9.69. The van der Waals surface area contributed by atoms with Crippen LogP contribution in [0.15, 0.2) is 0 Å². The lowest BCUT2D eigenvalue weighted by molar-refractivity contribution is -0.0415. The van der Waals surface area contributed by atoms with Crippen LogP contribution in [0.3, 0.4) is 0 Å². The van der Waals surface area contributed by atoms with Crippen molar-refractivity contribution in [2.45, 2.75) is 78.9 Å². The number of aliphatic hydroxyl groups excluding tert-OH is 1. The van der Waals surface area contributed by atoms with Gasteiger partial charge in [0.2, 0.25) is 0 Å². The highest BCUT2D eigenvalue weighted by Crippen LogP contribution is 2.41. The first kappa shape index (κ1) is 15.3. The molecule has 0 aromatic rings. The average molecular weight is 267 g/mol. The Morgan fingerprint density at radius 1 is 1.16 bits per heavy atom. The Morgan fingerprint density at radius 3 is 2.42 bits per heavy atom. The van der Waals surface area contributed by atoms with Crippen molar-refractivity contribution in [3.05, 3.63) is 0 Å². The molecule has 3 atom stereocenters. The van der Waals surface area contributed by atoms with E-state index in [1.54, 1.807) is 0 Å². The number of aliphatic hydroxyl groups is 1. The third-order valence-electron chi connectivity index (χ3n) is 5.40. The third kappa shape index (κ3) is 3.72. The monoisotopic (exact) mass is 267 g/mol. The van der Waals surface area contributed by atoms with Gasteiger partial charge in [-0.3, -0.25) is 4.90 Å². The lowest BCUT2D eigenvalue weighted by Gasteiger charge is -2.48. The van der Waals surface area contributed by atoms with Crippen LogP contribution in [0.2, 0.25) is 0 Å². The summed E-state index contributed by atoms with van der Waals surface area (Å²) < 4.78 is 0. The van der Waals surface area contributed by atoms with Gasteiger partial charge in [0.15, 0.2) is 0 Å². The van der Waals surface area contributed by atoms with E-state index in [9.17, 15) is 5.11 Å². The van der Waals surface area contributed by atoms with Gasteiger partial charge in [-0.25, -0.2) is 0 Å². The molecule has 1 saturated heterocycles. The van der Waals surface area contributed by atoms with E-state index in [0.29, 0.717) is 16.9 Å². The van der Waals surface area contributed by atoms with Gasteiger partial charge in [-0.1, -0.05) is 34.6 Å². The number of likely N-dealkylation sites (tertiary alicyclic amines) is 1. The molecule has 0 spiro atoms. The Morgan fingerprint density at radius 2 is 1.84 bits per heavy atom. The summed E-state index contributed by atoms with van der Waals surface area (Å²) in [6.45, 7) is 14.1. The van der Waals surface area contributed by atoms with Crippen molar-refractivity contribution in [2.24, 2.45) is 16.7 Å². The van der Waals surface area contributed by atoms with Crippen LogP contribution in [0.25, 0.3) is 0 Å². The van der Waals surface area contributed by atoms with E-state index < -0.39 is 0 Å². The van der Waals surface area contributed by atoms with Gasteiger partial charge in [0.05, 0.1) is 6.10 Å². The number of nitrogens with zero attached hydrogens (tertiary/aromatic N) is 1. The summed E-state index contributed by atoms with van der Waals surface area (Å²) in [6, 6.07) is 0.401. The molecule has 0 bridgehead atoms. The maximum Gasteiger partial charge on any atom is 0.0695 e. The lowest BCUT2D eigenvalue weighted by Crippen LogP contribution is -2.53. The van der Waals surface area contributed by atoms with Gasteiger partial charge in [0, 0.05) is 12.6 Å². The van der Waals surface area contributed by atoms with E-state index in [1.165, 1.54) is 32.2 Å². The number of hydrogen-bond acceptors (Lipinski definition) is 2. The smallest absolute Gasteiger partial charge is 0.0695 e. The molecule has 1 saturated carbocycles. The van der Waals surface area contributed by atoms with Crippen molar-refractivity contribution in [3.63, 3.8) is 0 Å². The van der Waals surface area contributed by atoms with E-state index in [1.807, 2.05) is 0 Å². The van der Waals surface area contributed by atoms with E-state index in [4.69, 9.17) is 0 Å². The summed E-state index contributed by atoms with van der Waals surface area (Å²) in [5.41, 5.74) is 0.802. The predicted molar refractivity (Wildman–Crippen MR) is 81.2 cm³/mol. The third-order valence-corrected chi connectivity index (χ3v) is 5.40. The Balaban J connectivity index is 2.04. The second-order valence-electron chi connectivity index (χ2n) is 8.75. The zero-order chi connectivity index (χ0) is 14.3. The molecule has 112 valence electrons. The summed E-state index contributed by atoms with van der Waals surface area (Å²) in [4.78, 5) is 2.59. The van der Waals surface area contributed by atoms with Gasteiger partial charge in [-0.15, -0.1) is 0 Å². The van der Waals surface area contributed by atoms with Crippen LogP contribution in [0.5, 0.6) is 0 Å². The van der Waals surface area contributed by atoms with Gasteiger partial charge in [0.25, 0.3) is 0 Å². The molecular formula is C17H33NO. The molecule has 2 heteroatoms. The van der Waals surface area contributed by atoms with Crippen LogP contribution >= 0.6 is 0 Å². The summed E-state index contributed by atoms with van der Waals surface area (Å²) in [5.74, 6) is 0.755. The fourth-order valence-electron chi connectivity index (χ4n) is 4.06. The summed E-state index contributed by atoms with van der Waals surface area (Å²) >= 11 is 0. The first-order valence-corrected chi connectivity index (χ1v) is 8.11. The van der Waals surface area contributed by atoms with Crippen molar-refractivity contribution in [3.8, 4) is 0 Å². The van der Waals surface area contributed by atoms with Crippen LogP contribution in [0.4, 0.5) is 0 Å². The molecule has 2 fully saturated rings. The Bertz CT molecular complexity index is 302. The number of hydrogen-bond donors (Lipinski definition) is 1. The van der Waals surface area contributed by atoms with Crippen molar-refractivity contribution in [1.29, 1.82) is 0 Å². The highest BCUT2D eigenvalue weighted by Gasteiger charge is 2.40. The van der Waals surface area contributed by atoms with Crippen molar-refractivity contribution >= 4 is 0 Å². The Hall–Kier alpha value is -0.0800. The van der Waals surface area contributed by atoms with Crippen molar-refractivity contribution in [1.82, 2.24) is 4.90 Å². The van der Waals surface area contributed by atoms with Gasteiger partial charge >= 0.3 is 0 Å². The molecule has 0 aromatic heterocycles. The quantitative estimate of drug-likeness (QED) is 0.783. The van der Waals surface area contributed by atoms with E-state index >= 15 is 0 Å². The zero-order valence-corrected chi connectivity index (χ0v) is 13.6. The Kier molecular flexibility index (Phi) is 4.32. The molecule has 19 heavy (non-hydrogen) atoms. The standard InChI is InChI=1S/C17H33NO/c1-16(2,3)13-7-8-15(19)14(11-13)18-10-6-9-17(4,5)12-18/h13-15,19H,6-12H2,1-5H3. The molecule has 1 heterocycles. The second-order valence-corrected chi connectivity index (χ2v) is 8.75. The Labute approximate surface area is 119 Å². The maximum atomic E-state index is 10.4. The second kappa shape index (κ2) is 5.37. The van der Waals surface area contributed by atoms with Gasteiger partial charge in [-0.2, -0.15) is 0 Å². The van der Waals surface area contributed by atoms with Gasteiger partial charge in [0.1, 0.15) is 0 Å². The minimum Gasteiger partial charge on any atom is -0.391 e. The highest BCUT2D eigenvalue weighted by atomic mass is 16.3. The first-order valence-electron chi connectivity index (χ1n) is 8.11. The predicted octanol–water partition coefficient (Wildman–Crippen LogP) is 3.68. The molecule has 0 aromatic carbocycles. The molecule has 2 rings (SSSR count). The SMILES string of the molecule is CC1(C)CCCN(C2CC(C(C)(C)C)CCC2O)C1. The summed E-state index contributed by atoms with van der Waals surface area (Å²) in [5, 5.41) is 10.4. The topological polar surface area (TPSA) is 23.5 Å². The minimum absolute atomic E-state index is 0.104. The van der Waals surface area contributed by atoms with Gasteiger partial charge in [-0.05, 0) is 55.4 Å². The minimum atomic E-state index is -0.104. The zero-order valence-electron chi connectivity index (χ0n) is 13.6. The van der Waals surface area contributed by atoms with E-state index in [2.05, 4.69) is 39.5 Å². The first-order chi connectivity index (χ1) is 8.69. The molecule has 2 nitrogen and oxygen atoms in total. The van der Waals surface area contributed by atoms with Crippen molar-refractivity contribution in [2.75, 3.05) is 13.1 Å². The van der Waals surface area contributed by atoms with Crippen LogP contribution in [0, 0.1) is 16.7 Å².